The molecule has 3 aliphatic rings. The molecule has 0 unspecified atom stereocenters. The van der Waals surface area contributed by atoms with Gasteiger partial charge in [-0.1, -0.05) is 7.43 Å². The van der Waals surface area contributed by atoms with Crippen LogP contribution in [0.3, 0.4) is 0 Å². The predicted molar refractivity (Wildman–Crippen MR) is 437 cm³/mol. The zero-order valence-electron chi connectivity index (χ0n) is 69.7. The van der Waals surface area contributed by atoms with Gasteiger partial charge >= 0.3 is 104 Å². The van der Waals surface area contributed by atoms with Crippen LogP contribution < -0.4 is 202 Å². The number of nitrogens with one attached hydrogen (secondary N) is 6. The molecule has 0 aliphatic carbocycles. The maximum Gasteiger partial charge on any atom is 1.00 e. The van der Waals surface area contributed by atoms with Crippen LogP contribution >= 0.6 is 47.4 Å². The fraction of sp³-hybridized carbons (Fsp3) is 0.314. The second kappa shape index (κ2) is 45.8. The van der Waals surface area contributed by atoms with E-state index in [9.17, 15) is 51.0 Å². The number of pyridine rings is 3. The summed E-state index contributed by atoms with van der Waals surface area (Å²) in [7, 11) is -2.08. The minimum atomic E-state index is -5.41. The van der Waals surface area contributed by atoms with Crippen LogP contribution in [0.15, 0.2) is 91.4 Å². The van der Waals surface area contributed by atoms with E-state index in [2.05, 4.69) is 90.3 Å². The van der Waals surface area contributed by atoms with Gasteiger partial charge in [-0.3, -0.25) is 38.1 Å². The van der Waals surface area contributed by atoms with E-state index in [-0.39, 0.29) is 213 Å². The van der Waals surface area contributed by atoms with Gasteiger partial charge in [0.1, 0.15) is 37.6 Å². The monoisotopic (exact) mass is 1970 g/mol. The number of hydrogen-bond donors (Lipinski definition) is 10. The van der Waals surface area contributed by atoms with Gasteiger partial charge in [-0.25, -0.2) is 52.2 Å². The van der Waals surface area contributed by atoms with E-state index < -0.39 is 95.6 Å². The van der Waals surface area contributed by atoms with E-state index >= 15 is 0 Å². The maximum atomic E-state index is 14.7. The van der Waals surface area contributed by atoms with Gasteiger partial charge in [-0.2, -0.15) is 15.0 Å². The number of fused-ring (bicyclic) bond motifs is 3. The molecule has 3 amide bonds. The minimum Gasteiger partial charge on any atom is -0.870 e. The number of anilines is 15. The molecule has 0 saturated heterocycles. The number of hydrogen-bond acceptors (Lipinski definition) is 39. The summed E-state index contributed by atoms with van der Waals surface area (Å²) in [5, 5.41) is 16.9. The Morgan fingerprint density at radius 1 is 0.397 bits per heavy atom. The molecule has 3 aromatic carbocycles. The second-order valence-electron chi connectivity index (χ2n) is 26.0. The van der Waals surface area contributed by atoms with Crippen molar-refractivity contribution in [2.75, 3.05) is 131 Å². The van der Waals surface area contributed by atoms with E-state index in [1.54, 1.807) is 36.4 Å². The van der Waals surface area contributed by atoms with E-state index in [1.807, 2.05) is 0 Å². The van der Waals surface area contributed by atoms with Crippen molar-refractivity contribution in [2.24, 2.45) is 0 Å². The van der Waals surface area contributed by atoms with E-state index in [4.69, 9.17) is 76.4 Å². The number of phosphoric ester groups is 3. The van der Waals surface area contributed by atoms with Crippen LogP contribution in [-0.4, -0.2) is 189 Å². The average molecular weight is 1970 g/mol. The number of nitrogens with zero attached hydrogens (tertiary/aromatic N) is 12. The Hall–Kier alpha value is -9.03. The van der Waals surface area contributed by atoms with Crippen molar-refractivity contribution in [3.8, 4) is 69.0 Å². The number of ether oxygens (including phenoxy) is 12. The molecule has 0 spiro atoms. The number of phosphoric acid groups is 3. The smallest absolute Gasteiger partial charge is 0.870 e. The summed E-state index contributed by atoms with van der Waals surface area (Å²) < 4.78 is 156. The maximum absolute atomic E-state index is 14.7. The first kappa shape index (κ1) is 109. The van der Waals surface area contributed by atoms with Crippen LogP contribution in [0.2, 0.25) is 0 Å². The van der Waals surface area contributed by atoms with Crippen molar-refractivity contribution in [3.05, 3.63) is 109 Å². The molecule has 12 rings (SSSR count). The average Bonchev–Trinajstić information content (AvgIpc) is 0.768. The van der Waals surface area contributed by atoms with Crippen LogP contribution in [0.4, 0.5) is 100 Å². The van der Waals surface area contributed by atoms with E-state index in [1.165, 1.54) is 142 Å². The number of rotatable bonds is 30. The van der Waals surface area contributed by atoms with Crippen LogP contribution in [-0.2, 0) is 41.6 Å². The molecular formula is C70H82F3IN18Na3O28P3. The molecule has 0 radical (unpaired) electrons. The first-order valence-corrected chi connectivity index (χ1v) is 38.8. The van der Waals surface area contributed by atoms with Crippen molar-refractivity contribution in [3.63, 3.8) is 0 Å². The molecule has 0 fully saturated rings. The number of carbonyl (C=O) groups is 3. The predicted octanol–water partition coefficient (Wildman–Crippen LogP) is 0.109. The summed E-state index contributed by atoms with van der Waals surface area (Å²) in [6.07, 6.45) is 2.79. The number of benzene rings is 3. The number of methoxy groups -OCH3 is 9. The van der Waals surface area contributed by atoms with Crippen molar-refractivity contribution in [2.45, 2.75) is 65.8 Å². The zero-order valence-corrected chi connectivity index (χ0v) is 80.7. The van der Waals surface area contributed by atoms with Crippen molar-refractivity contribution < 1.29 is 235 Å². The Balaban J connectivity index is 0.000000387. The van der Waals surface area contributed by atoms with Crippen LogP contribution in [0.25, 0.3) is 0 Å². The Morgan fingerprint density at radius 3 is 0.833 bits per heavy atom. The second-order valence-corrected chi connectivity index (χ2v) is 29.6. The van der Waals surface area contributed by atoms with Gasteiger partial charge in [-0.15, -0.1) is 24.0 Å². The molecule has 0 bridgehead atoms. The fourth-order valence-electron chi connectivity index (χ4n) is 11.1. The van der Waals surface area contributed by atoms with Gasteiger partial charge in [0.25, 0.3) is 17.7 Å². The molecule has 3 aliphatic heterocycles. The normalized spacial score (nSPS) is 13.5. The summed E-state index contributed by atoms with van der Waals surface area (Å²) in [5.74, 6) is -1.91. The molecule has 666 valence electrons. The Morgan fingerprint density at radius 2 is 0.627 bits per heavy atom. The molecular weight excluding hydrogens is 1890 g/mol. The fourth-order valence-corrected chi connectivity index (χ4v) is 11.9. The van der Waals surface area contributed by atoms with Gasteiger partial charge < -0.3 is 133 Å². The number of carbonyl (C=O) groups excluding carboxylic acids is 3. The molecule has 9 heterocycles. The molecule has 0 saturated carbocycles. The zero-order chi connectivity index (χ0) is 87.7. The Bertz CT molecular complexity index is 4940. The summed E-state index contributed by atoms with van der Waals surface area (Å²) in [6, 6.07) is 18.3. The van der Waals surface area contributed by atoms with Crippen molar-refractivity contribution >= 4 is 152 Å². The Labute approximate surface area is 800 Å². The van der Waals surface area contributed by atoms with Gasteiger partial charge in [0.05, 0.1) is 90.4 Å². The molecule has 6 aromatic heterocycles. The summed E-state index contributed by atoms with van der Waals surface area (Å²) in [4.78, 5) is 137. The topological polar surface area (TPSA) is 596 Å². The molecule has 0 atom stereocenters. The molecule has 9 aromatic rings. The van der Waals surface area contributed by atoms with Crippen molar-refractivity contribution in [1.29, 1.82) is 0 Å². The first-order valence-electron chi connectivity index (χ1n) is 34.3. The summed E-state index contributed by atoms with van der Waals surface area (Å²) in [5.41, 5.74) is -2.78. The largest absolute Gasteiger partial charge is 1.00 e. The number of halogens is 4. The van der Waals surface area contributed by atoms with Crippen molar-refractivity contribution in [1.82, 2.24) is 44.9 Å². The summed E-state index contributed by atoms with van der Waals surface area (Å²) >= 11 is 0. The molecule has 46 nitrogen and oxygen atoms in total. The number of aromatic nitrogens is 9. The third-order valence-corrected chi connectivity index (χ3v) is 17.8. The number of amides is 3. The molecule has 11 N–H and O–H groups in total. The van der Waals surface area contributed by atoms with Gasteiger partial charge in [-0.05, 0) is 77.9 Å². The minimum absolute atomic E-state index is 0. The third kappa shape index (κ3) is 27.3. The van der Waals surface area contributed by atoms with Crippen LogP contribution in [0, 0.1) is 17.5 Å². The SMILES string of the molecule is C.COc1cc(Nc2ncc(F)c(Nc3ccc4c(n3)N(COP(=O)(O)O)C(=O)C(C)(C)O4)n2)cc(OC)c1OC.COc1cc(Nc2ncc(F)c(Nc3ccc4c(n3)N(COP(=O)(O)O)C(=O)C(C)(C)O4)n2)cc(OC)c1OC.COc1cc(Nc2ncc(F)c(Nc3ccc4c(n3)N(COP(=O)([O-])[O-])C(=O)C(C)(C)O4)n2)cc(OC)c1OC.I.[Na+].[Na+].[Na+].[OH-]. The van der Waals surface area contributed by atoms with E-state index in [0.29, 0.717) is 68.8 Å². The third-order valence-electron chi connectivity index (χ3n) is 16.5. The Kier molecular flexibility index (Phi) is 39.7. The standard InChI is InChI=1S/3C23H26FN6O9P.CH4.HI.3Na.H2O/c3*1-23(2)21(31)30(11-38-40(32,33)34)20-14(39-23)6-7-17(28-20)27-19-13(24)10-25-22(29-19)26-12-8-15(35-3)18(37-5)16(9-12)36-4;;;;;;/h3*6-10H,11H2,1-5H3,(H2,32,33,34)(H2,25,26,27,28,29);1H4;1H;;;;1H2/q;;;;;3*+1;/p-3. The molecule has 56 heteroatoms. The van der Waals surface area contributed by atoms with Gasteiger partial charge in [0, 0.05) is 53.5 Å². The van der Waals surface area contributed by atoms with Crippen LogP contribution in [0.5, 0.6) is 69.0 Å². The summed E-state index contributed by atoms with van der Waals surface area (Å²) in [6.45, 7) is 6.29. The van der Waals surface area contributed by atoms with Gasteiger partial charge in [0.15, 0.2) is 121 Å². The van der Waals surface area contributed by atoms with Gasteiger partial charge in [0.2, 0.25) is 35.1 Å². The van der Waals surface area contributed by atoms with Crippen LogP contribution in [0.1, 0.15) is 49.0 Å². The van der Waals surface area contributed by atoms with E-state index in [0.717, 1.165) is 33.3 Å². The first-order chi connectivity index (χ1) is 56.5. The molecule has 126 heavy (non-hydrogen) atoms. The quantitative estimate of drug-likeness (QED) is 0.0162.